The fourth-order valence-corrected chi connectivity index (χ4v) is 2.24. The van der Waals surface area contributed by atoms with E-state index >= 15 is 0 Å². The average molecular weight is 279 g/mol. The maximum absolute atomic E-state index is 10.7. The first-order valence-corrected chi connectivity index (χ1v) is 6.64. The molecule has 2 heterocycles. The van der Waals surface area contributed by atoms with Gasteiger partial charge >= 0.3 is 8.69 Å². The number of aromatic nitrogens is 2. The Morgan fingerprint density at radius 1 is 1.42 bits per heavy atom. The van der Waals surface area contributed by atoms with Gasteiger partial charge in [0.2, 0.25) is 0 Å². The van der Waals surface area contributed by atoms with Gasteiger partial charge in [-0.15, -0.1) is 0 Å². The first kappa shape index (κ1) is 12.3. The topological polar surface area (TPSA) is 71.8 Å². The van der Waals surface area contributed by atoms with Crippen LogP contribution in [0.1, 0.15) is 6.42 Å². The Kier molecular flexibility index (Phi) is 3.53. The summed E-state index contributed by atoms with van der Waals surface area (Å²) in [6, 6.07) is 3.52. The number of rotatable bonds is 4. The fourth-order valence-electron chi connectivity index (χ4n) is 2.02. The molecule has 0 saturated carbocycles. The highest BCUT2D eigenvalue weighted by Crippen LogP contribution is 2.34. The summed E-state index contributed by atoms with van der Waals surface area (Å²) in [5.74, 6) is 0.961. The van der Waals surface area contributed by atoms with Crippen LogP contribution in [0.25, 0.3) is 10.9 Å². The first-order chi connectivity index (χ1) is 9.36. The Bertz CT molecular complexity index is 601. The molecule has 1 fully saturated rings. The standard InChI is InChI=1S/C12H11N2O4P/c15-19-18-12-3-8-5-13-7-14-10(8)4-11(12)17-9-1-2-16-6-9/h3-5,7,9H,1-2,6H2/p+1. The van der Waals surface area contributed by atoms with Gasteiger partial charge in [-0.2, -0.15) is 0 Å². The first-order valence-electron chi connectivity index (χ1n) is 5.91. The van der Waals surface area contributed by atoms with Crippen molar-refractivity contribution < 1.29 is 23.5 Å². The van der Waals surface area contributed by atoms with Crippen LogP contribution in [0.4, 0.5) is 0 Å². The fraction of sp³-hybridized carbons (Fsp3) is 0.333. The SMILES string of the molecule is O=POc1cc2c[nH+]cnc2cc1OC1CCOC1. The van der Waals surface area contributed by atoms with E-state index in [0.29, 0.717) is 24.7 Å². The summed E-state index contributed by atoms with van der Waals surface area (Å²) in [7, 11) is -0.416. The lowest BCUT2D eigenvalue weighted by Gasteiger charge is -2.13. The second-order valence-electron chi connectivity index (χ2n) is 4.20. The lowest BCUT2D eigenvalue weighted by molar-refractivity contribution is -0.380. The van der Waals surface area contributed by atoms with Crippen LogP contribution < -0.4 is 14.2 Å². The highest BCUT2D eigenvalue weighted by molar-refractivity contribution is 7.17. The van der Waals surface area contributed by atoms with E-state index in [4.69, 9.17) is 14.0 Å². The molecule has 0 amide bonds. The molecule has 1 saturated heterocycles. The molecule has 0 aliphatic carbocycles. The van der Waals surface area contributed by atoms with Crippen molar-refractivity contribution in [3.8, 4) is 11.5 Å². The number of hydrogen-bond donors (Lipinski definition) is 0. The van der Waals surface area contributed by atoms with E-state index in [-0.39, 0.29) is 6.10 Å². The molecular formula is C12H12N2O4P+. The average Bonchev–Trinajstić information content (AvgIpc) is 2.93. The zero-order chi connectivity index (χ0) is 13.1. The summed E-state index contributed by atoms with van der Waals surface area (Å²) < 4.78 is 26.8. The molecule has 3 rings (SSSR count). The predicted octanol–water partition coefficient (Wildman–Crippen LogP) is 1.80. The number of H-pyrrole nitrogens is 1. The number of nitrogens with zero attached hydrogens (tertiary/aromatic N) is 1. The van der Waals surface area contributed by atoms with Crippen LogP contribution in [-0.4, -0.2) is 24.3 Å². The number of aromatic amines is 1. The largest absolute Gasteiger partial charge is 0.484 e. The van der Waals surface area contributed by atoms with Crippen molar-refractivity contribution in [1.82, 2.24) is 4.98 Å². The molecule has 98 valence electrons. The molecule has 1 atom stereocenters. The smallest absolute Gasteiger partial charge is 0.395 e. The number of benzene rings is 1. The van der Waals surface area contributed by atoms with Crippen molar-refractivity contribution in [3.63, 3.8) is 0 Å². The Labute approximate surface area is 111 Å². The van der Waals surface area contributed by atoms with E-state index in [9.17, 15) is 4.57 Å². The summed E-state index contributed by atoms with van der Waals surface area (Å²) in [6.07, 6.45) is 4.22. The Balaban J connectivity index is 1.98. The molecule has 2 aromatic rings. The van der Waals surface area contributed by atoms with Crippen LogP contribution in [0.2, 0.25) is 0 Å². The van der Waals surface area contributed by atoms with Gasteiger partial charge in [-0.3, -0.25) is 0 Å². The van der Waals surface area contributed by atoms with E-state index in [1.165, 1.54) is 0 Å². The van der Waals surface area contributed by atoms with Crippen LogP contribution in [0.5, 0.6) is 11.5 Å². The maximum Gasteiger partial charge on any atom is 0.395 e. The Hall–Kier alpha value is -1.78. The zero-order valence-corrected chi connectivity index (χ0v) is 10.9. The van der Waals surface area contributed by atoms with Crippen LogP contribution in [-0.2, 0) is 9.30 Å². The van der Waals surface area contributed by atoms with Gasteiger partial charge in [-0.1, -0.05) is 0 Å². The summed E-state index contributed by atoms with van der Waals surface area (Å²) in [4.78, 5) is 7.10. The van der Waals surface area contributed by atoms with Crippen molar-refractivity contribution in [3.05, 3.63) is 24.7 Å². The molecule has 1 aromatic carbocycles. The highest BCUT2D eigenvalue weighted by Gasteiger charge is 2.20. The number of ether oxygens (including phenoxy) is 2. The minimum Gasteiger partial charge on any atom is -0.484 e. The van der Waals surface area contributed by atoms with E-state index in [2.05, 4.69) is 9.97 Å². The molecule has 1 unspecified atom stereocenters. The van der Waals surface area contributed by atoms with E-state index in [0.717, 1.165) is 17.3 Å². The normalized spacial score (nSPS) is 18.8. The number of nitrogens with one attached hydrogen (secondary N) is 1. The van der Waals surface area contributed by atoms with Crippen LogP contribution in [0, 0.1) is 0 Å². The molecule has 7 heteroatoms. The van der Waals surface area contributed by atoms with E-state index in [1.54, 1.807) is 24.7 Å². The van der Waals surface area contributed by atoms with Crippen LogP contribution in [0.3, 0.4) is 0 Å². The molecule has 0 bridgehead atoms. The molecule has 0 spiro atoms. The van der Waals surface area contributed by atoms with Gasteiger partial charge in [-0.05, 0) is 4.98 Å². The quantitative estimate of drug-likeness (QED) is 0.798. The molecule has 1 aliphatic heterocycles. The second-order valence-corrected chi connectivity index (χ2v) is 4.53. The molecule has 6 nitrogen and oxygen atoms in total. The maximum atomic E-state index is 10.7. The van der Waals surface area contributed by atoms with Gasteiger partial charge in [0.15, 0.2) is 17.0 Å². The van der Waals surface area contributed by atoms with Crippen molar-refractivity contribution in [1.29, 1.82) is 0 Å². The summed E-state index contributed by atoms with van der Waals surface area (Å²) in [5.41, 5.74) is 0.780. The van der Waals surface area contributed by atoms with Gasteiger partial charge in [0.05, 0.1) is 24.8 Å². The highest BCUT2D eigenvalue weighted by atomic mass is 31.1. The third-order valence-electron chi connectivity index (χ3n) is 2.93. The monoisotopic (exact) mass is 279 g/mol. The van der Waals surface area contributed by atoms with Crippen molar-refractivity contribution >= 4 is 19.6 Å². The van der Waals surface area contributed by atoms with Crippen LogP contribution >= 0.6 is 8.69 Å². The predicted molar refractivity (Wildman–Crippen MR) is 66.4 cm³/mol. The van der Waals surface area contributed by atoms with E-state index < -0.39 is 8.69 Å². The molecule has 1 aromatic heterocycles. The molecule has 1 N–H and O–H groups in total. The van der Waals surface area contributed by atoms with Crippen molar-refractivity contribution in [2.75, 3.05) is 13.2 Å². The molecule has 0 radical (unpaired) electrons. The van der Waals surface area contributed by atoms with Gasteiger partial charge in [0, 0.05) is 18.6 Å². The lowest BCUT2D eigenvalue weighted by Crippen LogP contribution is -2.16. The van der Waals surface area contributed by atoms with Gasteiger partial charge in [0.1, 0.15) is 6.10 Å². The number of hydrogen-bond acceptors (Lipinski definition) is 5. The molecular weight excluding hydrogens is 267 g/mol. The Morgan fingerprint density at radius 2 is 2.37 bits per heavy atom. The minimum absolute atomic E-state index is 0.00149. The summed E-state index contributed by atoms with van der Waals surface area (Å²) >= 11 is 0. The van der Waals surface area contributed by atoms with Crippen LogP contribution in [0.15, 0.2) is 24.7 Å². The van der Waals surface area contributed by atoms with Gasteiger partial charge in [0.25, 0.3) is 6.33 Å². The molecule has 19 heavy (non-hydrogen) atoms. The second kappa shape index (κ2) is 5.47. The summed E-state index contributed by atoms with van der Waals surface area (Å²) in [6.45, 7) is 1.25. The van der Waals surface area contributed by atoms with Gasteiger partial charge in [-0.25, -0.2) is 9.55 Å². The molecule has 1 aliphatic rings. The lowest BCUT2D eigenvalue weighted by atomic mass is 10.2. The van der Waals surface area contributed by atoms with E-state index in [1.807, 2.05) is 0 Å². The minimum atomic E-state index is -0.416. The number of fused-ring (bicyclic) bond motifs is 1. The summed E-state index contributed by atoms with van der Waals surface area (Å²) in [5, 5.41) is 0.858. The third-order valence-corrected chi connectivity index (χ3v) is 3.20. The Morgan fingerprint density at radius 3 is 3.16 bits per heavy atom. The van der Waals surface area contributed by atoms with Gasteiger partial charge < -0.3 is 14.0 Å². The van der Waals surface area contributed by atoms with Crippen molar-refractivity contribution in [2.45, 2.75) is 12.5 Å². The van der Waals surface area contributed by atoms with Crippen molar-refractivity contribution in [2.24, 2.45) is 0 Å². The third kappa shape index (κ3) is 2.64. The zero-order valence-electron chi connectivity index (χ0n) is 10.0.